The van der Waals surface area contributed by atoms with Gasteiger partial charge in [-0.25, -0.2) is 0 Å². The van der Waals surface area contributed by atoms with Crippen molar-refractivity contribution in [2.24, 2.45) is 5.92 Å². The summed E-state index contributed by atoms with van der Waals surface area (Å²) in [6, 6.07) is 3.46. The second-order valence-electron chi connectivity index (χ2n) is 4.92. The normalized spacial score (nSPS) is 10.9. The van der Waals surface area contributed by atoms with E-state index < -0.39 is 0 Å². The molecule has 0 aromatic rings. The lowest BCUT2D eigenvalue weighted by Gasteiger charge is -2.11. The van der Waals surface area contributed by atoms with Crippen LogP contribution in [0.4, 0.5) is 0 Å². The van der Waals surface area contributed by atoms with E-state index in [1.807, 2.05) is 13.8 Å². The minimum atomic E-state index is -0.302. The van der Waals surface area contributed by atoms with E-state index in [9.17, 15) is 9.59 Å². The largest absolute Gasteiger partial charge is 0.465 e. The van der Waals surface area contributed by atoms with E-state index >= 15 is 0 Å². The maximum atomic E-state index is 11.7. The molecule has 1 aliphatic heterocycles. The van der Waals surface area contributed by atoms with Crippen LogP contribution in [0, 0.1) is 12.8 Å². The molecule has 2 rings (SSSR count). The fourth-order valence-corrected chi connectivity index (χ4v) is 2.03. The monoisotopic (exact) mass is 260 g/mol. The summed E-state index contributed by atoms with van der Waals surface area (Å²) in [5.74, 6) is 0.921. The van der Waals surface area contributed by atoms with Crippen LogP contribution in [0.1, 0.15) is 36.4 Å². The molecule has 0 N–H and O–H groups in total. The van der Waals surface area contributed by atoms with Gasteiger partial charge in [-0.15, -0.1) is 0 Å². The molecule has 0 saturated carbocycles. The number of ether oxygens (including phenoxy) is 1. The Balaban J connectivity index is 2.33. The summed E-state index contributed by atoms with van der Waals surface area (Å²) in [7, 11) is 0. The van der Waals surface area contributed by atoms with Crippen molar-refractivity contribution in [3.05, 3.63) is 29.7 Å². The molecular formula is C15H16O4. The van der Waals surface area contributed by atoms with E-state index in [4.69, 9.17) is 9.15 Å². The second-order valence-corrected chi connectivity index (χ2v) is 4.92. The van der Waals surface area contributed by atoms with Crippen molar-refractivity contribution in [3.63, 3.8) is 0 Å². The van der Waals surface area contributed by atoms with Gasteiger partial charge in [0, 0.05) is 23.1 Å². The average molecular weight is 260 g/mol. The SMILES string of the molecule is Cc1occ(OC(=O)CC(C)C)c2ccc(C=O)c1-2. The van der Waals surface area contributed by atoms with Crippen molar-refractivity contribution in [3.8, 4) is 16.9 Å². The van der Waals surface area contributed by atoms with Gasteiger partial charge in [-0.3, -0.25) is 9.59 Å². The lowest BCUT2D eigenvalue weighted by atomic mass is 10.1. The van der Waals surface area contributed by atoms with E-state index in [1.165, 1.54) is 6.26 Å². The maximum absolute atomic E-state index is 11.7. The molecule has 2 aliphatic rings. The van der Waals surface area contributed by atoms with Crippen LogP contribution in [0.15, 0.2) is 22.8 Å². The molecule has 0 aromatic carbocycles. The van der Waals surface area contributed by atoms with Crippen molar-refractivity contribution in [2.45, 2.75) is 27.2 Å². The summed E-state index contributed by atoms with van der Waals surface area (Å²) in [5, 5.41) is 0. The Hall–Kier alpha value is -2.10. The van der Waals surface area contributed by atoms with Crippen molar-refractivity contribution < 1.29 is 18.7 Å². The zero-order valence-corrected chi connectivity index (χ0v) is 11.2. The second kappa shape index (κ2) is 5.26. The van der Waals surface area contributed by atoms with Gasteiger partial charge < -0.3 is 9.15 Å². The zero-order valence-electron chi connectivity index (χ0n) is 11.2. The first-order valence-corrected chi connectivity index (χ1v) is 6.19. The molecule has 1 heterocycles. The van der Waals surface area contributed by atoms with Crippen LogP contribution < -0.4 is 4.74 Å². The Morgan fingerprint density at radius 1 is 1.42 bits per heavy atom. The minimum absolute atomic E-state index is 0.232. The van der Waals surface area contributed by atoms with Crippen LogP contribution in [-0.4, -0.2) is 12.3 Å². The summed E-state index contributed by atoms with van der Waals surface area (Å²) < 4.78 is 10.6. The molecule has 0 amide bonds. The zero-order chi connectivity index (χ0) is 14.0. The fourth-order valence-electron chi connectivity index (χ4n) is 2.03. The third-order valence-corrected chi connectivity index (χ3v) is 2.87. The lowest BCUT2D eigenvalue weighted by molar-refractivity contribution is -0.135. The molecule has 0 fully saturated rings. The molecule has 1 aliphatic carbocycles. The van der Waals surface area contributed by atoms with Gasteiger partial charge in [0.05, 0.1) is 0 Å². The van der Waals surface area contributed by atoms with Crippen LogP contribution in [0.2, 0.25) is 0 Å². The molecule has 0 bridgehead atoms. The number of esters is 1. The van der Waals surface area contributed by atoms with Crippen LogP contribution in [0.5, 0.6) is 5.75 Å². The Kier molecular flexibility index (Phi) is 3.69. The van der Waals surface area contributed by atoms with Gasteiger partial charge in [-0.05, 0) is 18.9 Å². The van der Waals surface area contributed by atoms with E-state index in [0.29, 0.717) is 29.1 Å². The van der Waals surface area contributed by atoms with Crippen LogP contribution in [-0.2, 0) is 4.79 Å². The van der Waals surface area contributed by atoms with Crippen molar-refractivity contribution in [1.29, 1.82) is 0 Å². The number of hydrogen-bond donors (Lipinski definition) is 0. The number of hydrogen-bond acceptors (Lipinski definition) is 4. The smallest absolute Gasteiger partial charge is 0.311 e. The highest BCUT2D eigenvalue weighted by Gasteiger charge is 2.20. The average Bonchev–Trinajstić information content (AvgIpc) is 2.76. The van der Waals surface area contributed by atoms with Crippen molar-refractivity contribution in [1.82, 2.24) is 0 Å². The molecular weight excluding hydrogens is 244 g/mol. The van der Waals surface area contributed by atoms with E-state index in [1.54, 1.807) is 19.1 Å². The van der Waals surface area contributed by atoms with Crippen LogP contribution in [0.25, 0.3) is 11.1 Å². The highest BCUT2D eigenvalue weighted by atomic mass is 16.5. The summed E-state index contributed by atoms with van der Waals surface area (Å²) in [6.45, 7) is 5.67. The quantitative estimate of drug-likeness (QED) is 0.624. The van der Waals surface area contributed by atoms with Crippen LogP contribution in [0.3, 0.4) is 0 Å². The summed E-state index contributed by atoms with van der Waals surface area (Å²) >= 11 is 0. The summed E-state index contributed by atoms with van der Waals surface area (Å²) in [6.07, 6.45) is 2.52. The summed E-state index contributed by atoms with van der Waals surface area (Å²) in [4.78, 5) is 22.7. The third-order valence-electron chi connectivity index (χ3n) is 2.87. The summed E-state index contributed by atoms with van der Waals surface area (Å²) in [5.41, 5.74) is 1.96. The number of carbonyl (C=O) groups is 2. The first kappa shape index (κ1) is 13.3. The molecule has 4 nitrogen and oxygen atoms in total. The topological polar surface area (TPSA) is 56.5 Å². The molecule has 0 saturated heterocycles. The third kappa shape index (κ3) is 2.67. The molecule has 100 valence electrons. The predicted octanol–water partition coefficient (Wildman–Crippen LogP) is 3.46. The van der Waals surface area contributed by atoms with Crippen molar-refractivity contribution >= 4 is 12.3 Å². The fraction of sp³-hybridized carbons (Fsp3) is 0.333. The standard InChI is InChI=1S/C15H16O4/c1-9(2)6-14(17)19-13-8-18-10(3)15-11(7-16)4-5-12(13)15/h4-5,7-9H,6H2,1-3H3. The van der Waals surface area contributed by atoms with Gasteiger partial charge in [0.15, 0.2) is 12.0 Å². The molecule has 0 radical (unpaired) electrons. The molecule has 0 atom stereocenters. The molecule has 4 heteroatoms. The predicted molar refractivity (Wildman–Crippen MR) is 70.5 cm³/mol. The molecule has 0 aromatic heterocycles. The van der Waals surface area contributed by atoms with Gasteiger partial charge in [-0.2, -0.15) is 0 Å². The van der Waals surface area contributed by atoms with Gasteiger partial charge in [0.2, 0.25) is 0 Å². The molecule has 0 unspecified atom stereocenters. The number of aldehydes is 1. The Morgan fingerprint density at radius 2 is 2.16 bits per heavy atom. The van der Waals surface area contributed by atoms with Gasteiger partial charge in [0.1, 0.15) is 12.0 Å². The maximum Gasteiger partial charge on any atom is 0.311 e. The molecule has 0 spiro atoms. The van der Waals surface area contributed by atoms with E-state index in [2.05, 4.69) is 0 Å². The number of fused-ring (bicyclic) bond motifs is 1. The minimum Gasteiger partial charge on any atom is -0.465 e. The number of rotatable bonds is 4. The van der Waals surface area contributed by atoms with Gasteiger partial charge >= 0.3 is 5.97 Å². The van der Waals surface area contributed by atoms with Crippen molar-refractivity contribution in [2.75, 3.05) is 0 Å². The highest BCUT2D eigenvalue weighted by molar-refractivity contribution is 5.93. The molecule has 19 heavy (non-hydrogen) atoms. The Bertz CT molecular complexity index is 580. The number of carbonyl (C=O) groups excluding carboxylic acids is 2. The lowest BCUT2D eigenvalue weighted by Crippen LogP contribution is -2.11. The highest BCUT2D eigenvalue weighted by Crippen LogP contribution is 2.38. The van der Waals surface area contributed by atoms with Gasteiger partial charge in [-0.1, -0.05) is 19.9 Å². The van der Waals surface area contributed by atoms with E-state index in [0.717, 1.165) is 11.8 Å². The number of aryl methyl sites for hydroxylation is 1. The Labute approximate surface area is 111 Å². The van der Waals surface area contributed by atoms with Crippen LogP contribution >= 0.6 is 0 Å². The Morgan fingerprint density at radius 3 is 2.79 bits per heavy atom. The van der Waals surface area contributed by atoms with Gasteiger partial charge in [0.25, 0.3) is 0 Å². The first-order chi connectivity index (χ1) is 9.02. The first-order valence-electron chi connectivity index (χ1n) is 6.19. The van der Waals surface area contributed by atoms with E-state index in [-0.39, 0.29) is 11.9 Å².